The van der Waals surface area contributed by atoms with Crippen LogP contribution in [0, 0.1) is 0 Å². The standard InChI is InChI=1S/C10H16O3/c1-10(2,3)13-12-9-6-4-8(11)5-7-9/h4,6,9H,5,7H2,1-3H3. The van der Waals surface area contributed by atoms with Gasteiger partial charge in [-0.05, 0) is 39.3 Å². The molecule has 0 saturated heterocycles. The third kappa shape index (κ3) is 4.20. The number of hydrogen-bond donors (Lipinski definition) is 0. The summed E-state index contributed by atoms with van der Waals surface area (Å²) in [5.41, 5.74) is -0.296. The second-order valence-corrected chi connectivity index (χ2v) is 4.19. The van der Waals surface area contributed by atoms with Crippen molar-refractivity contribution in [1.82, 2.24) is 0 Å². The lowest BCUT2D eigenvalue weighted by Gasteiger charge is -2.22. The Hall–Kier alpha value is -0.670. The number of carbonyl (C=O) groups excluding carboxylic acids is 1. The van der Waals surface area contributed by atoms with Crippen molar-refractivity contribution in [1.29, 1.82) is 0 Å². The van der Waals surface area contributed by atoms with Crippen LogP contribution in [0.3, 0.4) is 0 Å². The Labute approximate surface area is 78.6 Å². The normalized spacial score (nSPS) is 23.6. The third-order valence-corrected chi connectivity index (χ3v) is 1.59. The third-order valence-electron chi connectivity index (χ3n) is 1.59. The second-order valence-electron chi connectivity index (χ2n) is 4.19. The van der Waals surface area contributed by atoms with Crippen LogP contribution in [0.15, 0.2) is 12.2 Å². The molecule has 0 saturated carbocycles. The zero-order chi connectivity index (χ0) is 9.90. The molecule has 74 valence electrons. The molecule has 0 amide bonds. The molecule has 0 bridgehead atoms. The van der Waals surface area contributed by atoms with Gasteiger partial charge in [-0.1, -0.05) is 0 Å². The van der Waals surface area contributed by atoms with Gasteiger partial charge in [0.2, 0.25) is 0 Å². The van der Waals surface area contributed by atoms with E-state index in [0.717, 1.165) is 0 Å². The number of carbonyl (C=O) groups is 1. The van der Waals surface area contributed by atoms with Gasteiger partial charge in [-0.2, -0.15) is 0 Å². The fourth-order valence-corrected chi connectivity index (χ4v) is 0.965. The van der Waals surface area contributed by atoms with Crippen LogP contribution < -0.4 is 0 Å². The molecule has 0 aromatic carbocycles. The molecule has 0 aromatic rings. The molecule has 1 rings (SSSR count). The summed E-state index contributed by atoms with van der Waals surface area (Å²) in [6.45, 7) is 5.76. The minimum Gasteiger partial charge on any atom is -0.295 e. The van der Waals surface area contributed by atoms with E-state index in [2.05, 4.69) is 0 Å². The van der Waals surface area contributed by atoms with Crippen LogP contribution in [-0.4, -0.2) is 17.5 Å². The maximum Gasteiger partial charge on any atom is 0.155 e. The van der Waals surface area contributed by atoms with Gasteiger partial charge in [-0.25, -0.2) is 9.78 Å². The van der Waals surface area contributed by atoms with E-state index in [0.29, 0.717) is 12.8 Å². The van der Waals surface area contributed by atoms with Crippen molar-refractivity contribution in [2.75, 3.05) is 0 Å². The molecule has 0 heterocycles. The summed E-state index contributed by atoms with van der Waals surface area (Å²) in [6.07, 6.45) is 4.50. The molecule has 1 aliphatic carbocycles. The number of hydrogen-bond acceptors (Lipinski definition) is 3. The predicted molar refractivity (Wildman–Crippen MR) is 49.1 cm³/mol. The summed E-state index contributed by atoms with van der Waals surface area (Å²) in [4.78, 5) is 21.1. The number of ketones is 1. The van der Waals surface area contributed by atoms with Crippen LogP contribution in [-0.2, 0) is 14.6 Å². The van der Waals surface area contributed by atoms with E-state index in [1.807, 2.05) is 20.8 Å². The van der Waals surface area contributed by atoms with Crippen LogP contribution in [0.5, 0.6) is 0 Å². The molecule has 0 fully saturated rings. The highest BCUT2D eigenvalue weighted by atomic mass is 17.2. The lowest BCUT2D eigenvalue weighted by atomic mass is 10.0. The molecule has 0 radical (unpaired) electrons. The van der Waals surface area contributed by atoms with Gasteiger partial charge in [0.25, 0.3) is 0 Å². The van der Waals surface area contributed by atoms with Crippen LogP contribution >= 0.6 is 0 Å². The molecule has 3 nitrogen and oxygen atoms in total. The Morgan fingerprint density at radius 1 is 1.46 bits per heavy atom. The summed E-state index contributed by atoms with van der Waals surface area (Å²) in [7, 11) is 0. The molecule has 3 heteroatoms. The summed E-state index contributed by atoms with van der Waals surface area (Å²) in [5.74, 6) is 0.163. The van der Waals surface area contributed by atoms with E-state index in [9.17, 15) is 4.79 Å². The first-order chi connectivity index (χ1) is 5.97. The van der Waals surface area contributed by atoms with Gasteiger partial charge < -0.3 is 0 Å². The fourth-order valence-electron chi connectivity index (χ4n) is 0.965. The zero-order valence-electron chi connectivity index (χ0n) is 8.37. The molecule has 1 aliphatic rings. The molecule has 1 unspecified atom stereocenters. The van der Waals surface area contributed by atoms with Crippen molar-refractivity contribution in [3.8, 4) is 0 Å². The van der Waals surface area contributed by atoms with E-state index >= 15 is 0 Å². The average Bonchev–Trinajstić information content (AvgIpc) is 2.02. The molecule has 0 N–H and O–H groups in total. The molecule has 0 aliphatic heterocycles. The van der Waals surface area contributed by atoms with E-state index in [4.69, 9.17) is 9.78 Å². The average molecular weight is 184 g/mol. The van der Waals surface area contributed by atoms with Gasteiger partial charge in [0.15, 0.2) is 5.78 Å². The molecule has 0 aromatic heterocycles. The topological polar surface area (TPSA) is 35.5 Å². The maximum absolute atomic E-state index is 10.8. The highest BCUT2D eigenvalue weighted by Crippen LogP contribution is 2.15. The fraction of sp³-hybridized carbons (Fsp3) is 0.700. The Kier molecular flexibility index (Phi) is 3.22. The summed E-state index contributed by atoms with van der Waals surface area (Å²) in [5, 5.41) is 0. The van der Waals surface area contributed by atoms with Crippen molar-refractivity contribution < 1.29 is 14.6 Å². The lowest BCUT2D eigenvalue weighted by Crippen LogP contribution is -2.25. The largest absolute Gasteiger partial charge is 0.295 e. The summed E-state index contributed by atoms with van der Waals surface area (Å²) in [6, 6.07) is 0. The first-order valence-corrected chi connectivity index (χ1v) is 4.53. The minimum atomic E-state index is -0.296. The van der Waals surface area contributed by atoms with E-state index in [-0.39, 0.29) is 17.5 Å². The quantitative estimate of drug-likeness (QED) is 0.486. The van der Waals surface area contributed by atoms with Gasteiger partial charge in [-0.3, -0.25) is 4.79 Å². The van der Waals surface area contributed by atoms with Gasteiger partial charge in [0.05, 0.1) is 5.60 Å². The minimum absolute atomic E-state index is 0.0723. The SMILES string of the molecule is CC(C)(C)OOC1C=CC(=O)CC1. The van der Waals surface area contributed by atoms with Crippen molar-refractivity contribution in [2.45, 2.75) is 45.3 Å². The maximum atomic E-state index is 10.8. The van der Waals surface area contributed by atoms with Crippen LogP contribution in [0.1, 0.15) is 33.6 Å². The lowest BCUT2D eigenvalue weighted by molar-refractivity contribution is -0.365. The smallest absolute Gasteiger partial charge is 0.155 e. The van der Waals surface area contributed by atoms with Crippen LogP contribution in [0.4, 0.5) is 0 Å². The molecular formula is C10H16O3. The van der Waals surface area contributed by atoms with Crippen LogP contribution in [0.25, 0.3) is 0 Å². The predicted octanol–water partition coefficient (Wildman–Crippen LogP) is 2.02. The number of rotatable bonds is 2. The summed E-state index contributed by atoms with van der Waals surface area (Å²) >= 11 is 0. The van der Waals surface area contributed by atoms with Crippen molar-refractivity contribution in [2.24, 2.45) is 0 Å². The molecular weight excluding hydrogens is 168 g/mol. The Balaban J connectivity index is 2.31. The Bertz CT molecular complexity index is 213. The van der Waals surface area contributed by atoms with Gasteiger partial charge in [0, 0.05) is 6.42 Å². The van der Waals surface area contributed by atoms with Gasteiger partial charge in [-0.15, -0.1) is 0 Å². The first-order valence-electron chi connectivity index (χ1n) is 4.53. The monoisotopic (exact) mass is 184 g/mol. The highest BCUT2D eigenvalue weighted by molar-refractivity contribution is 5.90. The van der Waals surface area contributed by atoms with E-state index in [1.165, 1.54) is 0 Å². The second kappa shape index (κ2) is 4.03. The highest BCUT2D eigenvalue weighted by Gasteiger charge is 2.18. The molecule has 0 spiro atoms. The van der Waals surface area contributed by atoms with Crippen molar-refractivity contribution in [3.05, 3.63) is 12.2 Å². The van der Waals surface area contributed by atoms with Crippen LogP contribution in [0.2, 0.25) is 0 Å². The van der Waals surface area contributed by atoms with E-state index in [1.54, 1.807) is 12.2 Å². The van der Waals surface area contributed by atoms with Crippen molar-refractivity contribution in [3.63, 3.8) is 0 Å². The van der Waals surface area contributed by atoms with E-state index < -0.39 is 0 Å². The summed E-state index contributed by atoms with van der Waals surface area (Å²) < 4.78 is 0. The Morgan fingerprint density at radius 3 is 2.62 bits per heavy atom. The van der Waals surface area contributed by atoms with Gasteiger partial charge >= 0.3 is 0 Å². The molecule has 1 atom stereocenters. The first kappa shape index (κ1) is 10.4. The van der Waals surface area contributed by atoms with Crippen molar-refractivity contribution >= 4 is 5.78 Å². The van der Waals surface area contributed by atoms with Gasteiger partial charge in [0.1, 0.15) is 6.10 Å². The number of allylic oxidation sites excluding steroid dienone is 1. The molecule has 13 heavy (non-hydrogen) atoms. The zero-order valence-corrected chi connectivity index (χ0v) is 8.37. The Morgan fingerprint density at radius 2 is 2.15 bits per heavy atom.